The molecule has 2 N–H and O–H groups in total. The maximum atomic E-state index is 11.7. The fraction of sp³-hybridized carbons (Fsp3) is 0.417. The molecule has 0 atom stereocenters. The Labute approximate surface area is 111 Å². The second-order valence-electron chi connectivity index (χ2n) is 4.19. The van der Waals surface area contributed by atoms with Crippen molar-refractivity contribution >= 4 is 17.3 Å². The highest BCUT2D eigenvalue weighted by atomic mass is 16.6. The van der Waals surface area contributed by atoms with E-state index >= 15 is 0 Å². The molecule has 7 heteroatoms. The predicted molar refractivity (Wildman–Crippen MR) is 71.5 cm³/mol. The minimum Gasteiger partial charge on any atom is -0.396 e. The predicted octanol–water partition coefficient (Wildman–Crippen LogP) is 0.773. The third-order valence-electron chi connectivity index (χ3n) is 2.54. The number of nitrogens with one attached hydrogen (secondary N) is 1. The summed E-state index contributed by atoms with van der Waals surface area (Å²) >= 11 is 0. The van der Waals surface area contributed by atoms with E-state index in [-0.39, 0.29) is 23.8 Å². The number of nitro groups is 1. The van der Waals surface area contributed by atoms with E-state index in [1.54, 1.807) is 25.1 Å². The number of hydrogen-bond donors (Lipinski definition) is 2. The van der Waals surface area contributed by atoms with Crippen LogP contribution in [0, 0.1) is 10.1 Å². The molecule has 0 heterocycles. The van der Waals surface area contributed by atoms with E-state index in [2.05, 4.69) is 5.32 Å². The van der Waals surface area contributed by atoms with Crippen molar-refractivity contribution in [2.45, 2.75) is 6.42 Å². The fourth-order valence-electron chi connectivity index (χ4n) is 1.57. The highest BCUT2D eigenvalue weighted by Gasteiger charge is 2.18. The first-order valence-electron chi connectivity index (χ1n) is 5.82. The van der Waals surface area contributed by atoms with Gasteiger partial charge in [-0.2, -0.15) is 0 Å². The van der Waals surface area contributed by atoms with E-state index in [0.29, 0.717) is 18.7 Å². The number of aliphatic hydroxyl groups excluding tert-OH is 1. The number of rotatable bonds is 6. The smallest absolute Gasteiger partial charge is 0.293 e. The lowest BCUT2D eigenvalue weighted by Gasteiger charge is -2.13. The highest BCUT2D eigenvalue weighted by molar-refractivity contribution is 5.95. The number of nitrogens with zero attached hydrogens (tertiary/aromatic N) is 2. The second kappa shape index (κ2) is 6.69. The van der Waals surface area contributed by atoms with E-state index in [0.717, 1.165) is 0 Å². The van der Waals surface area contributed by atoms with Crippen molar-refractivity contribution < 1.29 is 14.8 Å². The van der Waals surface area contributed by atoms with Crippen LogP contribution in [0.2, 0.25) is 0 Å². The average molecular weight is 267 g/mol. The maximum Gasteiger partial charge on any atom is 0.293 e. The number of anilines is 1. The van der Waals surface area contributed by atoms with E-state index in [1.165, 1.54) is 12.1 Å². The lowest BCUT2D eigenvalue weighted by Crippen LogP contribution is -2.25. The normalized spacial score (nSPS) is 10.1. The first kappa shape index (κ1) is 14.9. The van der Waals surface area contributed by atoms with Gasteiger partial charge in [0.25, 0.3) is 11.6 Å². The Morgan fingerprint density at radius 3 is 2.68 bits per heavy atom. The van der Waals surface area contributed by atoms with Crippen molar-refractivity contribution in [2.24, 2.45) is 0 Å². The van der Waals surface area contributed by atoms with Gasteiger partial charge in [0.05, 0.1) is 4.92 Å². The van der Waals surface area contributed by atoms with Gasteiger partial charge in [-0.25, -0.2) is 0 Å². The van der Waals surface area contributed by atoms with E-state index in [1.807, 2.05) is 0 Å². The minimum absolute atomic E-state index is 0.0139. The lowest BCUT2D eigenvalue weighted by molar-refractivity contribution is -0.384. The number of amides is 1. The van der Waals surface area contributed by atoms with Gasteiger partial charge in [0.15, 0.2) is 0 Å². The molecule has 0 saturated heterocycles. The summed E-state index contributed by atoms with van der Waals surface area (Å²) in [7, 11) is 3.40. The summed E-state index contributed by atoms with van der Waals surface area (Å²) in [6.45, 7) is 0.318. The molecule has 0 bridgehead atoms. The number of carbonyl (C=O) groups is 1. The summed E-state index contributed by atoms with van der Waals surface area (Å²) in [6, 6.07) is 4.33. The van der Waals surface area contributed by atoms with Crippen molar-refractivity contribution in [3.05, 3.63) is 33.9 Å². The Hall–Kier alpha value is -2.15. The number of carbonyl (C=O) groups excluding carboxylic acids is 1. The van der Waals surface area contributed by atoms with Gasteiger partial charge in [-0.05, 0) is 18.6 Å². The zero-order valence-corrected chi connectivity index (χ0v) is 10.9. The average Bonchev–Trinajstić information content (AvgIpc) is 2.38. The zero-order valence-electron chi connectivity index (χ0n) is 10.9. The SMILES string of the molecule is CN(C)c1ccc(C(=O)NCCCO)cc1[N+](=O)[O-]. The summed E-state index contributed by atoms with van der Waals surface area (Å²) in [5, 5.41) is 22.2. The molecule has 7 nitrogen and oxygen atoms in total. The van der Waals surface area contributed by atoms with Crippen LogP contribution in [0.4, 0.5) is 11.4 Å². The van der Waals surface area contributed by atoms with E-state index in [4.69, 9.17) is 5.11 Å². The van der Waals surface area contributed by atoms with Crippen molar-refractivity contribution in [1.29, 1.82) is 0 Å². The van der Waals surface area contributed by atoms with Crippen LogP contribution in [0.25, 0.3) is 0 Å². The number of benzene rings is 1. The third-order valence-corrected chi connectivity index (χ3v) is 2.54. The van der Waals surface area contributed by atoms with Crippen LogP contribution >= 0.6 is 0 Å². The fourth-order valence-corrected chi connectivity index (χ4v) is 1.57. The van der Waals surface area contributed by atoms with Crippen molar-refractivity contribution in [3.8, 4) is 0 Å². The quantitative estimate of drug-likeness (QED) is 0.451. The van der Waals surface area contributed by atoms with Gasteiger partial charge < -0.3 is 15.3 Å². The van der Waals surface area contributed by atoms with Crippen LogP contribution in [0.1, 0.15) is 16.8 Å². The van der Waals surface area contributed by atoms with Gasteiger partial charge in [-0.1, -0.05) is 0 Å². The molecular weight excluding hydrogens is 250 g/mol. The maximum absolute atomic E-state index is 11.7. The summed E-state index contributed by atoms with van der Waals surface area (Å²) in [5.41, 5.74) is 0.562. The molecule has 1 rings (SSSR count). The standard InChI is InChI=1S/C12H17N3O4/c1-14(2)10-5-4-9(8-11(10)15(18)19)12(17)13-6-3-7-16/h4-5,8,16H,3,6-7H2,1-2H3,(H,13,17). The monoisotopic (exact) mass is 267 g/mol. The Bertz CT molecular complexity index is 474. The first-order valence-corrected chi connectivity index (χ1v) is 5.82. The van der Waals surface area contributed by atoms with Gasteiger partial charge in [0.1, 0.15) is 5.69 Å². The molecule has 1 amide bonds. The number of aliphatic hydroxyl groups is 1. The summed E-state index contributed by atoms with van der Waals surface area (Å²) in [6.07, 6.45) is 0.448. The van der Waals surface area contributed by atoms with Crippen LogP contribution in [0.3, 0.4) is 0 Å². The van der Waals surface area contributed by atoms with Gasteiger partial charge in [0.2, 0.25) is 0 Å². The Balaban J connectivity index is 2.95. The van der Waals surface area contributed by atoms with E-state index in [9.17, 15) is 14.9 Å². The second-order valence-corrected chi connectivity index (χ2v) is 4.19. The zero-order chi connectivity index (χ0) is 14.4. The number of nitro benzene ring substituents is 1. The molecule has 1 aromatic carbocycles. The Kier molecular flexibility index (Phi) is 5.25. The van der Waals surface area contributed by atoms with Crippen molar-refractivity contribution in [1.82, 2.24) is 5.32 Å². The minimum atomic E-state index is -0.514. The lowest BCUT2D eigenvalue weighted by atomic mass is 10.1. The summed E-state index contributed by atoms with van der Waals surface area (Å²) in [5.74, 6) is -0.387. The summed E-state index contributed by atoms with van der Waals surface area (Å²) in [4.78, 5) is 23.8. The molecule has 1 aromatic rings. The molecular formula is C12H17N3O4. The molecule has 0 spiro atoms. The molecule has 104 valence electrons. The summed E-state index contributed by atoms with van der Waals surface area (Å²) < 4.78 is 0. The Morgan fingerprint density at radius 1 is 1.47 bits per heavy atom. The van der Waals surface area contributed by atoms with Crippen molar-refractivity contribution in [2.75, 3.05) is 32.1 Å². The molecule has 19 heavy (non-hydrogen) atoms. The van der Waals surface area contributed by atoms with Crippen molar-refractivity contribution in [3.63, 3.8) is 0 Å². The van der Waals surface area contributed by atoms with Gasteiger partial charge >= 0.3 is 0 Å². The van der Waals surface area contributed by atoms with Crippen LogP contribution in [0.5, 0.6) is 0 Å². The van der Waals surface area contributed by atoms with Crippen LogP contribution in [-0.2, 0) is 0 Å². The third kappa shape index (κ3) is 3.92. The molecule has 0 fully saturated rings. The molecule has 0 aliphatic carbocycles. The number of hydrogen-bond acceptors (Lipinski definition) is 5. The van der Waals surface area contributed by atoms with Gasteiger partial charge in [-0.15, -0.1) is 0 Å². The topological polar surface area (TPSA) is 95.7 Å². The van der Waals surface area contributed by atoms with Gasteiger partial charge in [-0.3, -0.25) is 14.9 Å². The molecule has 0 saturated carbocycles. The molecule has 0 radical (unpaired) electrons. The molecule has 0 aromatic heterocycles. The Morgan fingerprint density at radius 2 is 2.16 bits per heavy atom. The van der Waals surface area contributed by atoms with Gasteiger partial charge in [0, 0.05) is 38.9 Å². The highest BCUT2D eigenvalue weighted by Crippen LogP contribution is 2.27. The largest absolute Gasteiger partial charge is 0.396 e. The molecule has 0 unspecified atom stereocenters. The van der Waals surface area contributed by atoms with Crippen LogP contribution in [-0.4, -0.2) is 43.2 Å². The molecule has 0 aliphatic heterocycles. The van der Waals surface area contributed by atoms with E-state index < -0.39 is 4.92 Å². The molecule has 0 aliphatic rings. The van der Waals surface area contributed by atoms with Crippen LogP contribution in [0.15, 0.2) is 18.2 Å². The first-order chi connectivity index (χ1) is 8.97. The van der Waals surface area contributed by atoms with Crippen LogP contribution < -0.4 is 10.2 Å².